The van der Waals surface area contributed by atoms with Crippen LogP contribution < -0.4 is 11.2 Å². The molecule has 0 bridgehead atoms. The lowest BCUT2D eigenvalue weighted by Gasteiger charge is -2.26. The van der Waals surface area contributed by atoms with Gasteiger partial charge in [-0.15, -0.1) is 0 Å². The molecule has 0 aliphatic rings. The van der Waals surface area contributed by atoms with E-state index in [9.17, 15) is 14.4 Å². The van der Waals surface area contributed by atoms with Gasteiger partial charge in [-0.05, 0) is 18.9 Å². The van der Waals surface area contributed by atoms with Crippen molar-refractivity contribution in [2.75, 3.05) is 0 Å². The summed E-state index contributed by atoms with van der Waals surface area (Å²) in [6, 6.07) is 7.36. The standard InChI is InChI=1S/C14H18N2O5/c1-14(13(20)16-21,8-9-5-3-2-4-6-9)11(17)7-10(15)12(18)19/h2-6,10,21H,7-8,15H2,1H3,(H,16,20)(H,18,19)/t10-,14-/m1/s1. The SMILES string of the molecule is C[C@@](Cc1ccccc1)(C(=O)C[C@@H](N)C(=O)O)C(=O)NO. The highest BCUT2D eigenvalue weighted by Crippen LogP contribution is 2.26. The van der Waals surface area contributed by atoms with Crippen molar-refractivity contribution in [2.24, 2.45) is 11.1 Å². The Hall–Kier alpha value is -2.25. The van der Waals surface area contributed by atoms with E-state index in [0.717, 1.165) is 0 Å². The van der Waals surface area contributed by atoms with E-state index in [2.05, 4.69) is 0 Å². The number of aliphatic carboxylic acids is 1. The third-order valence-electron chi connectivity index (χ3n) is 3.34. The Labute approximate surface area is 121 Å². The van der Waals surface area contributed by atoms with E-state index in [4.69, 9.17) is 16.0 Å². The second-order valence-electron chi connectivity index (χ2n) is 5.01. The number of nitrogens with one attached hydrogen (secondary N) is 1. The van der Waals surface area contributed by atoms with E-state index >= 15 is 0 Å². The molecule has 7 nitrogen and oxygen atoms in total. The topological polar surface area (TPSA) is 130 Å². The number of carbonyl (C=O) groups is 3. The Bertz CT molecular complexity index is 531. The van der Waals surface area contributed by atoms with Crippen molar-refractivity contribution in [1.82, 2.24) is 5.48 Å². The minimum absolute atomic E-state index is 0.0331. The molecule has 0 spiro atoms. The molecule has 21 heavy (non-hydrogen) atoms. The monoisotopic (exact) mass is 294 g/mol. The maximum absolute atomic E-state index is 12.3. The molecule has 0 aliphatic carbocycles. The van der Waals surface area contributed by atoms with Crippen LogP contribution >= 0.6 is 0 Å². The van der Waals surface area contributed by atoms with Crippen molar-refractivity contribution < 1.29 is 24.7 Å². The Morgan fingerprint density at radius 2 is 1.86 bits per heavy atom. The fraction of sp³-hybridized carbons (Fsp3) is 0.357. The van der Waals surface area contributed by atoms with E-state index in [1.807, 2.05) is 0 Å². The molecule has 7 heteroatoms. The molecule has 5 N–H and O–H groups in total. The highest BCUT2D eigenvalue weighted by atomic mass is 16.5. The van der Waals surface area contributed by atoms with Gasteiger partial charge >= 0.3 is 5.97 Å². The molecular weight excluding hydrogens is 276 g/mol. The first-order valence-electron chi connectivity index (χ1n) is 6.31. The summed E-state index contributed by atoms with van der Waals surface area (Å²) in [5, 5.41) is 17.6. The zero-order valence-corrected chi connectivity index (χ0v) is 11.6. The Morgan fingerprint density at radius 3 is 2.33 bits per heavy atom. The lowest BCUT2D eigenvalue weighted by Crippen LogP contribution is -2.47. The summed E-state index contributed by atoms with van der Waals surface area (Å²) in [6.45, 7) is 1.35. The number of rotatable bonds is 7. The molecule has 1 rings (SSSR count). The van der Waals surface area contributed by atoms with Crippen LogP contribution in [0.5, 0.6) is 0 Å². The van der Waals surface area contributed by atoms with Gasteiger partial charge in [-0.25, -0.2) is 5.48 Å². The predicted molar refractivity (Wildman–Crippen MR) is 73.4 cm³/mol. The number of carboxylic acid groups (broad SMARTS) is 1. The van der Waals surface area contributed by atoms with Crippen molar-refractivity contribution in [1.29, 1.82) is 0 Å². The molecule has 0 heterocycles. The van der Waals surface area contributed by atoms with Crippen LogP contribution in [-0.2, 0) is 20.8 Å². The first-order valence-corrected chi connectivity index (χ1v) is 6.31. The van der Waals surface area contributed by atoms with Crippen molar-refractivity contribution in [3.8, 4) is 0 Å². The number of hydrogen-bond donors (Lipinski definition) is 4. The largest absolute Gasteiger partial charge is 0.480 e. The van der Waals surface area contributed by atoms with Crippen LogP contribution in [0.1, 0.15) is 18.9 Å². The number of Topliss-reactive ketones (excluding diaryl/α,β-unsaturated/α-hetero) is 1. The number of nitrogens with two attached hydrogens (primary N) is 1. The summed E-state index contributed by atoms with van der Waals surface area (Å²) in [7, 11) is 0. The van der Waals surface area contributed by atoms with Gasteiger partial charge in [-0.1, -0.05) is 30.3 Å². The maximum atomic E-state index is 12.3. The van der Waals surface area contributed by atoms with Crippen LogP contribution in [-0.4, -0.2) is 34.0 Å². The van der Waals surface area contributed by atoms with Crippen LogP contribution in [0.2, 0.25) is 0 Å². The quantitative estimate of drug-likeness (QED) is 0.321. The number of carbonyl (C=O) groups excluding carboxylic acids is 2. The molecule has 114 valence electrons. The zero-order valence-electron chi connectivity index (χ0n) is 11.6. The maximum Gasteiger partial charge on any atom is 0.320 e. The van der Waals surface area contributed by atoms with Crippen molar-refractivity contribution in [3.05, 3.63) is 35.9 Å². The lowest BCUT2D eigenvalue weighted by atomic mass is 9.77. The molecule has 0 aliphatic heterocycles. The summed E-state index contributed by atoms with van der Waals surface area (Å²) < 4.78 is 0. The number of carboxylic acids is 1. The Balaban J connectivity index is 3.01. The van der Waals surface area contributed by atoms with Crippen LogP contribution in [0.4, 0.5) is 0 Å². The first kappa shape index (κ1) is 16.8. The van der Waals surface area contributed by atoms with Gasteiger partial charge in [0.2, 0.25) is 0 Å². The molecule has 0 fully saturated rings. The van der Waals surface area contributed by atoms with Crippen molar-refractivity contribution >= 4 is 17.7 Å². The first-order chi connectivity index (χ1) is 9.81. The van der Waals surface area contributed by atoms with Gasteiger partial charge in [0, 0.05) is 6.42 Å². The van der Waals surface area contributed by atoms with Crippen molar-refractivity contribution in [2.45, 2.75) is 25.8 Å². The Kier molecular flexibility index (Phi) is 5.57. The average Bonchev–Trinajstić information content (AvgIpc) is 2.46. The van der Waals surface area contributed by atoms with E-state index < -0.39 is 35.5 Å². The van der Waals surface area contributed by atoms with Gasteiger partial charge in [-0.3, -0.25) is 19.6 Å². The normalized spacial score (nSPS) is 14.8. The number of ketones is 1. The summed E-state index contributed by atoms with van der Waals surface area (Å²) in [5.74, 6) is -2.86. The smallest absolute Gasteiger partial charge is 0.320 e. The third kappa shape index (κ3) is 4.11. The summed E-state index contributed by atoms with van der Waals surface area (Å²) in [6.07, 6.45) is -0.461. The van der Waals surface area contributed by atoms with Gasteiger partial charge in [0.15, 0.2) is 5.78 Å². The predicted octanol–water partition coefficient (Wildman–Crippen LogP) is 0.112. The Morgan fingerprint density at radius 1 is 1.29 bits per heavy atom. The minimum Gasteiger partial charge on any atom is -0.480 e. The molecule has 1 aromatic rings. The molecule has 2 atom stereocenters. The van der Waals surface area contributed by atoms with Crippen LogP contribution in [0.3, 0.4) is 0 Å². The zero-order chi connectivity index (χ0) is 16.0. The number of amides is 1. The second kappa shape index (κ2) is 6.96. The number of hydrogen-bond acceptors (Lipinski definition) is 5. The fourth-order valence-electron chi connectivity index (χ4n) is 1.95. The highest BCUT2D eigenvalue weighted by molar-refractivity contribution is 6.06. The van der Waals surface area contributed by atoms with Crippen LogP contribution in [0.25, 0.3) is 0 Å². The average molecular weight is 294 g/mol. The van der Waals surface area contributed by atoms with Crippen LogP contribution in [0.15, 0.2) is 30.3 Å². The summed E-state index contributed by atoms with van der Waals surface area (Å²) in [5.41, 5.74) is 5.91. The highest BCUT2D eigenvalue weighted by Gasteiger charge is 2.41. The van der Waals surface area contributed by atoms with Gasteiger partial charge < -0.3 is 10.8 Å². The third-order valence-corrected chi connectivity index (χ3v) is 3.34. The fourth-order valence-corrected chi connectivity index (χ4v) is 1.95. The molecule has 0 aromatic heterocycles. The molecular formula is C14H18N2O5. The summed E-state index contributed by atoms with van der Waals surface area (Å²) in [4.78, 5) is 34.9. The molecule has 0 saturated heterocycles. The second-order valence-corrected chi connectivity index (χ2v) is 5.01. The molecule has 0 saturated carbocycles. The number of hydroxylamine groups is 1. The van der Waals surface area contributed by atoms with Gasteiger partial charge in [0.05, 0.1) is 0 Å². The molecule has 1 aromatic carbocycles. The van der Waals surface area contributed by atoms with E-state index in [-0.39, 0.29) is 6.42 Å². The molecule has 0 radical (unpaired) electrons. The van der Waals surface area contributed by atoms with E-state index in [1.165, 1.54) is 12.4 Å². The lowest BCUT2D eigenvalue weighted by molar-refractivity contribution is -0.149. The van der Waals surface area contributed by atoms with E-state index in [1.54, 1.807) is 30.3 Å². The minimum atomic E-state index is -1.59. The van der Waals surface area contributed by atoms with E-state index in [0.29, 0.717) is 5.56 Å². The number of benzene rings is 1. The van der Waals surface area contributed by atoms with Crippen LogP contribution in [0, 0.1) is 5.41 Å². The van der Waals surface area contributed by atoms with Crippen molar-refractivity contribution in [3.63, 3.8) is 0 Å². The van der Waals surface area contributed by atoms with Gasteiger partial charge in [0.25, 0.3) is 5.91 Å². The van der Waals surface area contributed by atoms with Gasteiger partial charge in [-0.2, -0.15) is 0 Å². The summed E-state index contributed by atoms with van der Waals surface area (Å²) >= 11 is 0. The molecule has 0 unspecified atom stereocenters. The van der Waals surface area contributed by atoms with Gasteiger partial charge in [0.1, 0.15) is 11.5 Å². The molecule has 1 amide bonds.